The molecule has 0 spiro atoms. The summed E-state index contributed by atoms with van der Waals surface area (Å²) in [6, 6.07) is 11.7. The van der Waals surface area contributed by atoms with Crippen LogP contribution < -0.4 is 0 Å². The van der Waals surface area contributed by atoms with Crippen molar-refractivity contribution in [3.63, 3.8) is 0 Å². The summed E-state index contributed by atoms with van der Waals surface area (Å²) in [6.45, 7) is 6.18. The number of hydrogen-bond acceptors (Lipinski definition) is 1. The molecule has 0 N–H and O–H groups in total. The van der Waals surface area contributed by atoms with Gasteiger partial charge < -0.3 is 4.42 Å². The van der Waals surface area contributed by atoms with Crippen LogP contribution in [0.4, 0.5) is 0 Å². The number of hydrogen-bond donors (Lipinski definition) is 0. The summed E-state index contributed by atoms with van der Waals surface area (Å²) in [5.74, 6) is 13.2. The highest BCUT2D eigenvalue weighted by atomic mass is 16.3. The molecule has 110 valence electrons. The fourth-order valence-corrected chi connectivity index (χ4v) is 1.99. The smallest absolute Gasteiger partial charge is 0.157 e. The Balaban J connectivity index is 2.06. The Morgan fingerprint density at radius 3 is 2.68 bits per heavy atom. The molecular weight excluding hydrogens is 268 g/mol. The topological polar surface area (TPSA) is 13.1 Å². The molecule has 22 heavy (non-hydrogen) atoms. The van der Waals surface area contributed by atoms with Crippen LogP contribution in [0.5, 0.6) is 0 Å². The summed E-state index contributed by atoms with van der Waals surface area (Å²) in [6.07, 6.45) is 6.10. The molecule has 1 heterocycles. The minimum absolute atomic E-state index is 0.673. The van der Waals surface area contributed by atoms with Crippen molar-refractivity contribution in [1.82, 2.24) is 0 Å². The molecule has 0 fully saturated rings. The van der Waals surface area contributed by atoms with Crippen molar-refractivity contribution < 1.29 is 4.42 Å². The zero-order valence-electron chi connectivity index (χ0n) is 13.0. The summed E-state index contributed by atoms with van der Waals surface area (Å²) in [4.78, 5) is 0. The molecule has 2 aromatic rings. The first-order valence-corrected chi connectivity index (χ1v) is 7.64. The van der Waals surface area contributed by atoms with Gasteiger partial charge in [0.15, 0.2) is 5.76 Å². The minimum atomic E-state index is 0.673. The van der Waals surface area contributed by atoms with Crippen molar-refractivity contribution in [3.05, 3.63) is 66.1 Å². The first-order valence-electron chi connectivity index (χ1n) is 7.64. The van der Waals surface area contributed by atoms with Crippen molar-refractivity contribution in [2.24, 2.45) is 0 Å². The van der Waals surface area contributed by atoms with Crippen LogP contribution in [0.1, 0.15) is 49.5 Å². The summed E-state index contributed by atoms with van der Waals surface area (Å²) in [5, 5.41) is 0. The third kappa shape index (κ3) is 4.72. The Morgan fingerprint density at radius 2 is 1.91 bits per heavy atom. The number of allylic oxidation sites excluding steroid dienone is 1. The second-order valence-corrected chi connectivity index (χ2v) is 5.02. The van der Waals surface area contributed by atoms with Gasteiger partial charge in [-0.05, 0) is 24.6 Å². The van der Waals surface area contributed by atoms with Gasteiger partial charge in [-0.1, -0.05) is 68.2 Å². The largest absolute Gasteiger partial charge is 0.462 e. The number of benzene rings is 1. The zero-order valence-corrected chi connectivity index (χ0v) is 13.0. The van der Waals surface area contributed by atoms with E-state index in [4.69, 9.17) is 4.42 Å². The third-order valence-electron chi connectivity index (χ3n) is 3.20. The van der Waals surface area contributed by atoms with E-state index in [2.05, 4.69) is 37.2 Å². The molecular formula is C21H20O. The SMILES string of the molecule is C=C(C#CCCCCC)c1occc1C#Cc1ccccc1. The highest BCUT2D eigenvalue weighted by Crippen LogP contribution is 2.18. The summed E-state index contributed by atoms with van der Waals surface area (Å²) in [5.41, 5.74) is 2.50. The average Bonchev–Trinajstić information content (AvgIpc) is 3.02. The Kier molecular flexibility index (Phi) is 6.16. The second-order valence-electron chi connectivity index (χ2n) is 5.02. The number of rotatable bonds is 4. The van der Waals surface area contributed by atoms with Gasteiger partial charge in [-0.3, -0.25) is 0 Å². The fourth-order valence-electron chi connectivity index (χ4n) is 1.99. The summed E-state index contributed by atoms with van der Waals surface area (Å²) >= 11 is 0. The Hall–Kier alpha value is -2.64. The van der Waals surface area contributed by atoms with E-state index >= 15 is 0 Å². The molecule has 0 atom stereocenters. The first kappa shape index (κ1) is 15.7. The van der Waals surface area contributed by atoms with E-state index < -0.39 is 0 Å². The van der Waals surface area contributed by atoms with Crippen LogP contribution in [0.25, 0.3) is 5.57 Å². The standard InChI is InChI=1S/C21H20O/c1-3-4-5-6-8-11-18(2)21-20(16-17-22-21)15-14-19-12-9-7-10-13-19/h7,9-10,12-13,16-17H,2-6H2,1H3. The van der Waals surface area contributed by atoms with Crippen molar-refractivity contribution in [2.75, 3.05) is 0 Å². The van der Waals surface area contributed by atoms with Crippen LogP contribution in [0.3, 0.4) is 0 Å². The van der Waals surface area contributed by atoms with E-state index in [1.807, 2.05) is 36.4 Å². The van der Waals surface area contributed by atoms with E-state index in [0.717, 1.165) is 24.0 Å². The first-order chi connectivity index (χ1) is 10.8. The maximum absolute atomic E-state index is 5.49. The third-order valence-corrected chi connectivity index (χ3v) is 3.20. The van der Waals surface area contributed by atoms with E-state index in [0.29, 0.717) is 11.3 Å². The van der Waals surface area contributed by atoms with E-state index in [-0.39, 0.29) is 0 Å². The number of unbranched alkanes of at least 4 members (excludes halogenated alkanes) is 3. The highest BCUT2D eigenvalue weighted by Gasteiger charge is 2.06. The van der Waals surface area contributed by atoms with Gasteiger partial charge in [0, 0.05) is 12.0 Å². The van der Waals surface area contributed by atoms with Crippen molar-refractivity contribution >= 4 is 5.57 Å². The monoisotopic (exact) mass is 288 g/mol. The van der Waals surface area contributed by atoms with Crippen LogP contribution in [0, 0.1) is 23.7 Å². The maximum atomic E-state index is 5.49. The Labute approximate surface area is 133 Å². The number of furan rings is 1. The quantitative estimate of drug-likeness (QED) is 0.551. The van der Waals surface area contributed by atoms with Crippen LogP contribution in [0.15, 0.2) is 53.7 Å². The molecule has 1 aromatic heterocycles. The van der Waals surface area contributed by atoms with Crippen molar-refractivity contribution in [2.45, 2.75) is 32.6 Å². The molecule has 0 bridgehead atoms. The van der Waals surface area contributed by atoms with Crippen molar-refractivity contribution in [3.8, 4) is 23.7 Å². The van der Waals surface area contributed by atoms with Gasteiger partial charge in [0.1, 0.15) is 0 Å². The molecule has 1 aromatic carbocycles. The molecule has 0 unspecified atom stereocenters. The molecule has 0 aliphatic rings. The normalized spacial score (nSPS) is 9.32. The van der Waals surface area contributed by atoms with Crippen LogP contribution in [-0.4, -0.2) is 0 Å². The van der Waals surface area contributed by atoms with Gasteiger partial charge in [-0.2, -0.15) is 0 Å². The van der Waals surface area contributed by atoms with Crippen LogP contribution >= 0.6 is 0 Å². The van der Waals surface area contributed by atoms with E-state index in [1.54, 1.807) is 6.26 Å². The molecule has 0 aliphatic heterocycles. The van der Waals surface area contributed by atoms with E-state index in [1.165, 1.54) is 12.8 Å². The molecule has 1 nitrogen and oxygen atoms in total. The van der Waals surface area contributed by atoms with Gasteiger partial charge in [0.05, 0.1) is 17.4 Å². The predicted molar refractivity (Wildman–Crippen MR) is 92.1 cm³/mol. The van der Waals surface area contributed by atoms with Gasteiger partial charge in [-0.25, -0.2) is 0 Å². The van der Waals surface area contributed by atoms with Gasteiger partial charge >= 0.3 is 0 Å². The Morgan fingerprint density at radius 1 is 1.09 bits per heavy atom. The second kappa shape index (κ2) is 8.60. The van der Waals surface area contributed by atoms with Gasteiger partial charge in [-0.15, -0.1) is 0 Å². The lowest BCUT2D eigenvalue weighted by Crippen LogP contribution is -1.81. The van der Waals surface area contributed by atoms with Crippen LogP contribution in [-0.2, 0) is 0 Å². The lowest BCUT2D eigenvalue weighted by molar-refractivity contribution is 0.554. The lowest BCUT2D eigenvalue weighted by Gasteiger charge is -1.94. The molecule has 0 aliphatic carbocycles. The molecule has 0 saturated heterocycles. The molecule has 1 heteroatoms. The maximum Gasteiger partial charge on any atom is 0.157 e. The van der Waals surface area contributed by atoms with Crippen molar-refractivity contribution in [1.29, 1.82) is 0 Å². The summed E-state index contributed by atoms with van der Waals surface area (Å²) in [7, 11) is 0. The minimum Gasteiger partial charge on any atom is -0.462 e. The van der Waals surface area contributed by atoms with Crippen LogP contribution in [0.2, 0.25) is 0 Å². The lowest BCUT2D eigenvalue weighted by atomic mass is 10.1. The fraction of sp³-hybridized carbons (Fsp3) is 0.238. The van der Waals surface area contributed by atoms with Gasteiger partial charge in [0.25, 0.3) is 0 Å². The Bertz CT molecular complexity index is 727. The van der Waals surface area contributed by atoms with Gasteiger partial charge in [0.2, 0.25) is 0 Å². The average molecular weight is 288 g/mol. The highest BCUT2D eigenvalue weighted by molar-refractivity contribution is 5.77. The molecule has 0 radical (unpaired) electrons. The summed E-state index contributed by atoms with van der Waals surface area (Å²) < 4.78 is 5.49. The molecule has 0 saturated carbocycles. The predicted octanol–water partition coefficient (Wildman–Crippen LogP) is 5.28. The van der Waals surface area contributed by atoms with E-state index in [9.17, 15) is 0 Å². The zero-order chi connectivity index (χ0) is 15.6. The molecule has 0 amide bonds. The molecule has 2 rings (SSSR count).